The van der Waals surface area contributed by atoms with E-state index in [9.17, 15) is 23.2 Å². The third kappa shape index (κ3) is 3.50. The van der Waals surface area contributed by atoms with E-state index < -0.39 is 34.4 Å². The fraction of sp³-hybridized carbons (Fsp3) is 0.121. The van der Waals surface area contributed by atoms with E-state index in [0.29, 0.717) is 11.3 Å². The van der Waals surface area contributed by atoms with Crippen LogP contribution < -0.4 is 10.3 Å². The third-order valence-electron chi connectivity index (χ3n) is 7.95. The fourth-order valence-electron chi connectivity index (χ4n) is 6.01. The normalized spacial score (nSPS) is 17.5. The van der Waals surface area contributed by atoms with Gasteiger partial charge in [0.2, 0.25) is 5.76 Å². The van der Waals surface area contributed by atoms with Crippen molar-refractivity contribution in [1.29, 1.82) is 0 Å². The van der Waals surface area contributed by atoms with E-state index in [0.717, 1.165) is 23.3 Å². The van der Waals surface area contributed by atoms with E-state index in [-0.39, 0.29) is 40.9 Å². The molecule has 1 spiro atoms. The number of anilines is 1. The molecule has 2 amide bonds. The summed E-state index contributed by atoms with van der Waals surface area (Å²) in [4.78, 5) is 45.8. The molecule has 0 aliphatic carbocycles. The maximum absolute atomic E-state index is 14.8. The topological polar surface area (TPSA) is 70.8 Å². The van der Waals surface area contributed by atoms with Crippen molar-refractivity contribution < 1.29 is 22.8 Å². The molecule has 1 atom stereocenters. The van der Waals surface area contributed by atoms with Crippen molar-refractivity contribution in [3.63, 3.8) is 0 Å². The van der Waals surface area contributed by atoms with Crippen molar-refractivity contribution in [3.05, 3.63) is 146 Å². The number of para-hydroxylation sites is 1. The van der Waals surface area contributed by atoms with Crippen LogP contribution in [0.1, 0.15) is 38.4 Å². The van der Waals surface area contributed by atoms with Gasteiger partial charge in [0.05, 0.1) is 23.2 Å². The summed E-state index contributed by atoms with van der Waals surface area (Å²) in [6.07, 6.45) is 0. The Bertz CT molecular complexity index is 1970. The molecule has 41 heavy (non-hydrogen) atoms. The minimum atomic E-state index is -1.90. The van der Waals surface area contributed by atoms with E-state index in [4.69, 9.17) is 4.42 Å². The SMILES string of the molecule is Cc1ccc(CN2C(=O)c3oc4ccc(F)cc4c(=O)c3C23C(=O)N(Cc2ccccc2F)c2ccccc23)cc1. The average molecular weight is 549 g/mol. The highest BCUT2D eigenvalue weighted by molar-refractivity contribution is 6.17. The largest absolute Gasteiger partial charge is 0.450 e. The summed E-state index contributed by atoms with van der Waals surface area (Å²) in [7, 11) is 0. The number of rotatable bonds is 4. The molecular weight excluding hydrogens is 526 g/mol. The lowest BCUT2D eigenvalue weighted by Crippen LogP contribution is -2.53. The molecule has 6 nitrogen and oxygen atoms in total. The number of amides is 2. The Hall–Kier alpha value is -5.11. The van der Waals surface area contributed by atoms with Crippen molar-refractivity contribution >= 4 is 28.5 Å². The van der Waals surface area contributed by atoms with Gasteiger partial charge >= 0.3 is 0 Å². The zero-order valence-corrected chi connectivity index (χ0v) is 21.9. The van der Waals surface area contributed by atoms with Gasteiger partial charge in [-0.2, -0.15) is 0 Å². The maximum Gasteiger partial charge on any atom is 0.291 e. The molecule has 5 aromatic rings. The maximum atomic E-state index is 14.8. The van der Waals surface area contributed by atoms with Gasteiger partial charge in [0, 0.05) is 17.7 Å². The van der Waals surface area contributed by atoms with Crippen LogP contribution in [0.3, 0.4) is 0 Å². The van der Waals surface area contributed by atoms with Gasteiger partial charge in [-0.05, 0) is 42.8 Å². The Labute approximate surface area is 233 Å². The second-order valence-electron chi connectivity index (χ2n) is 10.4. The fourth-order valence-corrected chi connectivity index (χ4v) is 6.01. The van der Waals surface area contributed by atoms with E-state index in [1.165, 1.54) is 21.9 Å². The lowest BCUT2D eigenvalue weighted by Gasteiger charge is -2.34. The molecule has 0 fully saturated rings. The molecule has 2 aliphatic heterocycles. The predicted molar refractivity (Wildman–Crippen MR) is 148 cm³/mol. The highest BCUT2D eigenvalue weighted by atomic mass is 19.1. The standard InChI is InChI=1S/C33H22F2N2O4/c1-19-10-12-20(13-11-19)17-37-31(39)30-28(29(38)23-16-22(34)14-15-27(23)41-30)33(37)24-7-3-5-9-26(24)36(32(33)40)18-21-6-2-4-8-25(21)35/h2-16H,17-18H2,1H3. The van der Waals surface area contributed by atoms with Crippen molar-refractivity contribution in [2.24, 2.45) is 0 Å². The summed E-state index contributed by atoms with van der Waals surface area (Å²) >= 11 is 0. The number of hydrogen-bond donors (Lipinski definition) is 0. The lowest BCUT2D eigenvalue weighted by molar-refractivity contribution is -0.126. The van der Waals surface area contributed by atoms with Gasteiger partial charge in [0.15, 0.2) is 11.0 Å². The average Bonchev–Trinajstić information content (AvgIpc) is 3.36. The van der Waals surface area contributed by atoms with Crippen LogP contribution in [0.5, 0.6) is 0 Å². The van der Waals surface area contributed by atoms with Crippen LogP contribution in [0.2, 0.25) is 0 Å². The first-order chi connectivity index (χ1) is 19.8. The zero-order chi connectivity index (χ0) is 28.5. The quantitative estimate of drug-likeness (QED) is 0.284. The Balaban J connectivity index is 1.52. The lowest BCUT2D eigenvalue weighted by atomic mass is 9.83. The van der Waals surface area contributed by atoms with Crippen molar-refractivity contribution in [2.75, 3.05) is 4.90 Å². The number of fused-ring (bicyclic) bond motifs is 5. The summed E-state index contributed by atoms with van der Waals surface area (Å²) in [5.74, 6) is -2.64. The number of carbonyl (C=O) groups is 2. The summed E-state index contributed by atoms with van der Waals surface area (Å²) in [5.41, 5.74) is 0.156. The van der Waals surface area contributed by atoms with Crippen molar-refractivity contribution in [3.8, 4) is 0 Å². The van der Waals surface area contributed by atoms with Gasteiger partial charge in [-0.25, -0.2) is 8.78 Å². The van der Waals surface area contributed by atoms with Crippen LogP contribution >= 0.6 is 0 Å². The highest BCUT2D eigenvalue weighted by Crippen LogP contribution is 2.53. The molecule has 4 aromatic carbocycles. The second-order valence-corrected chi connectivity index (χ2v) is 10.4. The minimum Gasteiger partial charge on any atom is -0.450 e. The van der Waals surface area contributed by atoms with Crippen LogP contribution in [0.4, 0.5) is 14.5 Å². The smallest absolute Gasteiger partial charge is 0.291 e. The summed E-state index contributed by atoms with van der Waals surface area (Å²) in [6, 6.07) is 23.9. The van der Waals surface area contributed by atoms with Gasteiger partial charge < -0.3 is 14.2 Å². The Morgan fingerprint density at radius 2 is 1.56 bits per heavy atom. The molecular formula is C33H22F2N2O4. The minimum absolute atomic E-state index is 0.0128. The number of carbonyl (C=O) groups excluding carboxylic acids is 2. The predicted octanol–water partition coefficient (Wildman–Crippen LogP) is 5.83. The van der Waals surface area contributed by atoms with Crippen LogP contribution in [-0.4, -0.2) is 16.7 Å². The van der Waals surface area contributed by atoms with Crippen molar-refractivity contribution in [2.45, 2.75) is 25.6 Å². The molecule has 3 heterocycles. The van der Waals surface area contributed by atoms with Gasteiger partial charge in [-0.1, -0.05) is 66.2 Å². The van der Waals surface area contributed by atoms with E-state index >= 15 is 0 Å². The highest BCUT2D eigenvalue weighted by Gasteiger charge is 2.65. The van der Waals surface area contributed by atoms with Crippen LogP contribution in [0.15, 0.2) is 100 Å². The van der Waals surface area contributed by atoms with Gasteiger partial charge in [-0.3, -0.25) is 14.4 Å². The Kier molecular flexibility index (Phi) is 5.44. The summed E-state index contributed by atoms with van der Waals surface area (Å²) < 4.78 is 35.1. The van der Waals surface area contributed by atoms with Gasteiger partial charge in [-0.15, -0.1) is 0 Å². The number of nitrogens with zero attached hydrogens (tertiary/aromatic N) is 2. The van der Waals surface area contributed by atoms with E-state index in [1.807, 2.05) is 31.2 Å². The molecule has 1 unspecified atom stereocenters. The zero-order valence-electron chi connectivity index (χ0n) is 21.9. The number of benzene rings is 4. The summed E-state index contributed by atoms with van der Waals surface area (Å²) in [6.45, 7) is 1.80. The Morgan fingerprint density at radius 3 is 2.34 bits per heavy atom. The third-order valence-corrected chi connectivity index (χ3v) is 7.95. The first-order valence-corrected chi connectivity index (χ1v) is 13.1. The molecule has 0 N–H and O–H groups in total. The first-order valence-electron chi connectivity index (χ1n) is 13.1. The Morgan fingerprint density at radius 1 is 0.829 bits per heavy atom. The molecule has 1 aromatic heterocycles. The number of hydrogen-bond acceptors (Lipinski definition) is 4. The van der Waals surface area contributed by atoms with Crippen LogP contribution in [-0.2, 0) is 23.4 Å². The number of aryl methyl sites for hydroxylation is 1. The van der Waals surface area contributed by atoms with E-state index in [2.05, 4.69) is 0 Å². The van der Waals surface area contributed by atoms with Crippen LogP contribution in [0.25, 0.3) is 11.0 Å². The van der Waals surface area contributed by atoms with Crippen LogP contribution in [0, 0.1) is 18.6 Å². The molecule has 2 aliphatic rings. The van der Waals surface area contributed by atoms with Crippen molar-refractivity contribution in [1.82, 2.24) is 4.90 Å². The molecule has 0 radical (unpaired) electrons. The molecule has 0 saturated carbocycles. The monoisotopic (exact) mass is 548 g/mol. The molecule has 0 bridgehead atoms. The first kappa shape index (κ1) is 24.9. The van der Waals surface area contributed by atoms with E-state index in [1.54, 1.807) is 42.5 Å². The summed E-state index contributed by atoms with van der Waals surface area (Å²) in [5, 5.41) is -0.0778. The molecule has 202 valence electrons. The molecule has 8 heteroatoms. The molecule has 0 saturated heterocycles. The van der Waals surface area contributed by atoms with Gasteiger partial charge in [0.25, 0.3) is 11.8 Å². The second kappa shape index (κ2) is 8.96. The van der Waals surface area contributed by atoms with Gasteiger partial charge in [0.1, 0.15) is 17.2 Å². The molecule has 7 rings (SSSR count). The number of halogens is 2.